The molecule has 0 spiro atoms. The maximum absolute atomic E-state index is 11.3. The number of amides is 1. The molecule has 1 heterocycles. The highest BCUT2D eigenvalue weighted by Gasteiger charge is 2.10. The number of hydrogen-bond acceptors (Lipinski definition) is 2. The zero-order valence-electron chi connectivity index (χ0n) is 6.90. The fourth-order valence-corrected chi connectivity index (χ4v) is 0.991. The van der Waals surface area contributed by atoms with Gasteiger partial charge in [-0.2, -0.15) is 0 Å². The molecule has 0 fully saturated rings. The lowest BCUT2D eigenvalue weighted by molar-refractivity contribution is -0.112. The number of rotatable bonds is 2. The van der Waals surface area contributed by atoms with Gasteiger partial charge in [-0.1, -0.05) is 18.2 Å². The molecule has 1 aliphatic heterocycles. The van der Waals surface area contributed by atoms with E-state index in [0.717, 1.165) is 5.69 Å². The molecule has 13 heavy (non-hydrogen) atoms. The average molecular weight is 172 g/mol. The molecule has 0 bridgehead atoms. The Bertz CT molecular complexity index is 379. The van der Waals surface area contributed by atoms with Crippen LogP contribution in [0.4, 0.5) is 5.69 Å². The van der Waals surface area contributed by atoms with Gasteiger partial charge in [-0.25, -0.2) is 0 Å². The van der Waals surface area contributed by atoms with Crippen LogP contribution >= 0.6 is 0 Å². The van der Waals surface area contributed by atoms with Crippen LogP contribution in [-0.2, 0) is 4.79 Å². The molecule has 1 aliphatic rings. The third-order valence-corrected chi connectivity index (χ3v) is 1.72. The molecule has 0 atom stereocenters. The Labute approximate surface area is 75.8 Å². The van der Waals surface area contributed by atoms with Gasteiger partial charge in [0.15, 0.2) is 0 Å². The summed E-state index contributed by atoms with van der Waals surface area (Å²) >= 11 is 0. The molecule has 1 aromatic carbocycles. The first-order chi connectivity index (χ1) is 6.36. The van der Waals surface area contributed by atoms with Crippen LogP contribution in [0.1, 0.15) is 0 Å². The molecule has 0 saturated carbocycles. The lowest BCUT2D eigenvalue weighted by Gasteiger charge is -2.07. The summed E-state index contributed by atoms with van der Waals surface area (Å²) in [4.78, 5) is 15.0. The number of para-hydroxylation sites is 1. The monoisotopic (exact) mass is 172 g/mol. The van der Waals surface area contributed by atoms with Gasteiger partial charge in [0.1, 0.15) is 0 Å². The van der Waals surface area contributed by atoms with Gasteiger partial charge >= 0.3 is 0 Å². The molecular formula is C10H8N2O. The van der Waals surface area contributed by atoms with E-state index < -0.39 is 0 Å². The van der Waals surface area contributed by atoms with E-state index >= 15 is 0 Å². The quantitative estimate of drug-likeness (QED) is 0.723. The van der Waals surface area contributed by atoms with Gasteiger partial charge < -0.3 is 5.32 Å². The lowest BCUT2D eigenvalue weighted by Crippen LogP contribution is -2.17. The summed E-state index contributed by atoms with van der Waals surface area (Å²) in [6.07, 6.45) is 3.08. The summed E-state index contributed by atoms with van der Waals surface area (Å²) in [5.41, 5.74) is 1.41. The van der Waals surface area contributed by atoms with Crippen molar-refractivity contribution in [1.82, 2.24) is 0 Å². The highest BCUT2D eigenvalue weighted by molar-refractivity contribution is 6.20. The molecule has 1 aromatic rings. The van der Waals surface area contributed by atoms with Crippen molar-refractivity contribution >= 4 is 17.8 Å². The Morgan fingerprint density at radius 2 is 1.92 bits per heavy atom. The second kappa shape index (κ2) is 3.23. The summed E-state index contributed by atoms with van der Waals surface area (Å²) in [6.45, 7) is 0. The molecule has 3 nitrogen and oxygen atoms in total. The van der Waals surface area contributed by atoms with Gasteiger partial charge in [0, 0.05) is 18.1 Å². The lowest BCUT2D eigenvalue weighted by atomic mass is 10.2. The molecule has 3 heteroatoms. The van der Waals surface area contributed by atoms with Crippen LogP contribution in [0.3, 0.4) is 0 Å². The second-order valence-electron chi connectivity index (χ2n) is 2.68. The maximum Gasteiger partial charge on any atom is 0.258 e. The van der Waals surface area contributed by atoms with E-state index in [1.807, 2.05) is 30.3 Å². The van der Waals surface area contributed by atoms with Crippen molar-refractivity contribution in [3.63, 3.8) is 0 Å². The van der Waals surface area contributed by atoms with Crippen LogP contribution < -0.4 is 5.32 Å². The highest BCUT2D eigenvalue weighted by Crippen LogP contribution is 2.09. The Morgan fingerprint density at radius 1 is 1.23 bits per heavy atom. The summed E-state index contributed by atoms with van der Waals surface area (Å²) in [5, 5.41) is 2.75. The molecule has 0 aliphatic carbocycles. The molecule has 0 saturated heterocycles. The average Bonchev–Trinajstić information content (AvgIpc) is 2.02. The number of hydrogen-bond donors (Lipinski definition) is 1. The zero-order chi connectivity index (χ0) is 9.10. The molecule has 64 valence electrons. The van der Waals surface area contributed by atoms with E-state index in [2.05, 4.69) is 10.3 Å². The van der Waals surface area contributed by atoms with Crippen molar-refractivity contribution in [2.45, 2.75) is 0 Å². The molecule has 0 aromatic heterocycles. The van der Waals surface area contributed by atoms with E-state index in [1.54, 1.807) is 0 Å². The number of aliphatic imine (C=N–C) groups is 1. The van der Waals surface area contributed by atoms with E-state index in [9.17, 15) is 4.79 Å². The normalized spacial score (nSPS) is 13.1. The fourth-order valence-electron chi connectivity index (χ4n) is 0.991. The first kappa shape index (κ1) is 7.73. The van der Waals surface area contributed by atoms with Crippen LogP contribution in [0.2, 0.25) is 0 Å². The summed E-state index contributed by atoms with van der Waals surface area (Å²) < 4.78 is 0. The van der Waals surface area contributed by atoms with Crippen molar-refractivity contribution in [2.24, 2.45) is 4.99 Å². The number of carbonyl (C=O) groups excluding carboxylic acids is 1. The fraction of sp³-hybridized carbons (Fsp3) is 0. The van der Waals surface area contributed by atoms with Gasteiger partial charge in [0.05, 0.1) is 5.57 Å². The molecule has 1 amide bonds. The molecule has 2 rings (SSSR count). The maximum atomic E-state index is 11.3. The van der Waals surface area contributed by atoms with Gasteiger partial charge in [0.25, 0.3) is 5.91 Å². The number of carbonyl (C=O) groups is 1. The zero-order valence-corrected chi connectivity index (χ0v) is 6.90. The molecule has 0 radical (unpaired) electrons. The summed E-state index contributed by atoms with van der Waals surface area (Å²) in [6, 6.07) is 9.33. The Morgan fingerprint density at radius 3 is 2.46 bits per heavy atom. The van der Waals surface area contributed by atoms with Crippen LogP contribution in [-0.4, -0.2) is 12.1 Å². The van der Waals surface area contributed by atoms with Crippen molar-refractivity contribution in [2.75, 3.05) is 5.32 Å². The van der Waals surface area contributed by atoms with E-state index in [1.165, 1.54) is 12.4 Å². The van der Waals surface area contributed by atoms with Crippen molar-refractivity contribution in [3.8, 4) is 0 Å². The smallest absolute Gasteiger partial charge is 0.258 e. The third kappa shape index (κ3) is 1.64. The van der Waals surface area contributed by atoms with Gasteiger partial charge in [-0.15, -0.1) is 0 Å². The number of nitrogens with one attached hydrogen (secondary N) is 1. The van der Waals surface area contributed by atoms with Gasteiger partial charge in [0.2, 0.25) is 0 Å². The highest BCUT2D eigenvalue weighted by atomic mass is 16.1. The van der Waals surface area contributed by atoms with E-state index in [0.29, 0.717) is 5.57 Å². The predicted molar refractivity (Wildman–Crippen MR) is 51.6 cm³/mol. The summed E-state index contributed by atoms with van der Waals surface area (Å²) in [7, 11) is 0. The predicted octanol–water partition coefficient (Wildman–Crippen LogP) is 1.59. The van der Waals surface area contributed by atoms with Gasteiger partial charge in [-0.05, 0) is 12.1 Å². The second-order valence-corrected chi connectivity index (χ2v) is 2.68. The Hall–Kier alpha value is -1.90. The van der Waals surface area contributed by atoms with Gasteiger partial charge in [-0.3, -0.25) is 9.79 Å². The summed E-state index contributed by atoms with van der Waals surface area (Å²) in [5.74, 6) is -0.110. The first-order valence-corrected chi connectivity index (χ1v) is 3.96. The first-order valence-electron chi connectivity index (χ1n) is 3.96. The SMILES string of the molecule is O=C(Nc1ccccc1)C1=CN=C1. The Balaban J connectivity index is 2.02. The minimum Gasteiger partial charge on any atom is -0.322 e. The van der Waals surface area contributed by atoms with Crippen molar-refractivity contribution < 1.29 is 4.79 Å². The standard InChI is InChI=1S/C10H8N2O/c13-10(8-6-11-7-8)12-9-4-2-1-3-5-9/h1-7H,(H,12,13). The minimum absolute atomic E-state index is 0.110. The van der Waals surface area contributed by atoms with E-state index in [-0.39, 0.29) is 5.91 Å². The van der Waals surface area contributed by atoms with Crippen LogP contribution in [0.25, 0.3) is 0 Å². The topological polar surface area (TPSA) is 41.5 Å². The van der Waals surface area contributed by atoms with Crippen LogP contribution in [0.15, 0.2) is 47.1 Å². The molecular weight excluding hydrogens is 164 g/mol. The number of anilines is 1. The molecule has 1 N–H and O–H groups in total. The minimum atomic E-state index is -0.110. The van der Waals surface area contributed by atoms with Crippen LogP contribution in [0, 0.1) is 0 Å². The van der Waals surface area contributed by atoms with Crippen LogP contribution in [0.5, 0.6) is 0 Å². The number of benzene rings is 1. The Kier molecular flexibility index (Phi) is 1.92. The van der Waals surface area contributed by atoms with E-state index in [4.69, 9.17) is 0 Å². The van der Waals surface area contributed by atoms with Crippen molar-refractivity contribution in [3.05, 3.63) is 42.1 Å². The molecule has 0 unspecified atom stereocenters. The largest absolute Gasteiger partial charge is 0.322 e. The number of nitrogens with zero attached hydrogens (tertiary/aromatic N) is 1. The van der Waals surface area contributed by atoms with Crippen molar-refractivity contribution in [1.29, 1.82) is 0 Å². The third-order valence-electron chi connectivity index (χ3n) is 1.72.